The van der Waals surface area contributed by atoms with Crippen molar-refractivity contribution < 1.29 is 9.90 Å². The van der Waals surface area contributed by atoms with Crippen molar-refractivity contribution in [2.75, 3.05) is 26.2 Å². The van der Waals surface area contributed by atoms with Gasteiger partial charge in [0.2, 0.25) is 0 Å². The van der Waals surface area contributed by atoms with Gasteiger partial charge in [-0.1, -0.05) is 44.2 Å². The van der Waals surface area contributed by atoms with Crippen LogP contribution in [-0.2, 0) is 10.2 Å². The Labute approximate surface area is 151 Å². The molecule has 1 aliphatic carbocycles. The van der Waals surface area contributed by atoms with E-state index in [0.29, 0.717) is 17.5 Å². The molecular formula is C21H32N2O2. The van der Waals surface area contributed by atoms with E-state index in [0.717, 1.165) is 32.5 Å². The number of likely N-dealkylation sites (N-methyl/N-ethyl adjacent to an activating group) is 1. The number of piperidine rings is 1. The second kappa shape index (κ2) is 7.88. The van der Waals surface area contributed by atoms with Gasteiger partial charge in [0.1, 0.15) is 0 Å². The van der Waals surface area contributed by atoms with Crippen LogP contribution in [0.4, 0.5) is 0 Å². The molecule has 0 spiro atoms. The van der Waals surface area contributed by atoms with E-state index in [-0.39, 0.29) is 6.54 Å². The first-order valence-corrected chi connectivity index (χ1v) is 9.77. The van der Waals surface area contributed by atoms with Crippen molar-refractivity contribution in [3.8, 4) is 0 Å². The van der Waals surface area contributed by atoms with E-state index < -0.39 is 5.97 Å². The van der Waals surface area contributed by atoms with E-state index in [1.807, 2.05) is 0 Å². The highest BCUT2D eigenvalue weighted by atomic mass is 16.4. The van der Waals surface area contributed by atoms with Crippen LogP contribution >= 0.6 is 0 Å². The van der Waals surface area contributed by atoms with Crippen molar-refractivity contribution in [1.29, 1.82) is 0 Å². The lowest BCUT2D eigenvalue weighted by atomic mass is 9.81. The van der Waals surface area contributed by atoms with E-state index in [1.165, 1.54) is 24.8 Å². The van der Waals surface area contributed by atoms with Crippen molar-refractivity contribution in [2.45, 2.75) is 63.5 Å². The summed E-state index contributed by atoms with van der Waals surface area (Å²) in [5.74, 6) is -0.710. The normalized spacial score (nSPS) is 28.5. The highest BCUT2D eigenvalue weighted by molar-refractivity contribution is 5.69. The molecule has 2 unspecified atom stereocenters. The summed E-state index contributed by atoms with van der Waals surface area (Å²) in [6, 6.07) is 12.1. The minimum Gasteiger partial charge on any atom is -0.480 e. The third-order valence-electron chi connectivity index (χ3n) is 6.46. The predicted octanol–water partition coefficient (Wildman–Crippen LogP) is 3.37. The van der Waals surface area contributed by atoms with E-state index in [9.17, 15) is 4.79 Å². The van der Waals surface area contributed by atoms with Gasteiger partial charge in [0.05, 0.1) is 6.54 Å². The second-order valence-electron chi connectivity index (χ2n) is 8.05. The Hall–Kier alpha value is -1.39. The highest BCUT2D eigenvalue weighted by Gasteiger charge is 2.40. The number of carboxylic acid groups (broad SMARTS) is 1. The standard InChI is InChI=1S/C21H32N2O2/c1-3-22(16-20(24)25)18-10-13-23(14-11-18)19-9-12-21(2,15-19)17-7-5-4-6-8-17/h4-8,18-19H,3,9-16H2,1-2H3,(H,24,25). The number of likely N-dealkylation sites (tertiary alicyclic amines) is 1. The molecule has 1 heterocycles. The number of benzene rings is 1. The monoisotopic (exact) mass is 344 g/mol. The van der Waals surface area contributed by atoms with Gasteiger partial charge in [0.25, 0.3) is 0 Å². The van der Waals surface area contributed by atoms with Crippen molar-refractivity contribution in [3.05, 3.63) is 35.9 Å². The quantitative estimate of drug-likeness (QED) is 0.859. The molecule has 4 heteroatoms. The Morgan fingerprint density at radius 2 is 1.92 bits per heavy atom. The molecule has 1 aromatic carbocycles. The maximum atomic E-state index is 11.0. The summed E-state index contributed by atoms with van der Waals surface area (Å²) in [5, 5.41) is 9.08. The zero-order chi connectivity index (χ0) is 17.9. The third-order valence-corrected chi connectivity index (χ3v) is 6.46. The summed E-state index contributed by atoms with van der Waals surface area (Å²) < 4.78 is 0. The predicted molar refractivity (Wildman–Crippen MR) is 101 cm³/mol. The molecule has 0 bridgehead atoms. The van der Waals surface area contributed by atoms with Crippen LogP contribution in [0, 0.1) is 0 Å². The molecule has 0 aromatic heterocycles. The topological polar surface area (TPSA) is 43.8 Å². The van der Waals surface area contributed by atoms with Crippen LogP contribution < -0.4 is 0 Å². The molecule has 1 aromatic rings. The Balaban J connectivity index is 1.55. The molecule has 0 radical (unpaired) electrons. The lowest BCUT2D eigenvalue weighted by Crippen LogP contribution is -2.49. The van der Waals surface area contributed by atoms with Crippen molar-refractivity contribution >= 4 is 5.97 Å². The fourth-order valence-electron chi connectivity index (χ4n) is 4.91. The van der Waals surface area contributed by atoms with Gasteiger partial charge in [-0.25, -0.2) is 0 Å². The van der Waals surface area contributed by atoms with Crippen LogP contribution in [0.5, 0.6) is 0 Å². The number of hydrogen-bond acceptors (Lipinski definition) is 3. The van der Waals surface area contributed by atoms with Crippen LogP contribution in [-0.4, -0.2) is 59.1 Å². The summed E-state index contributed by atoms with van der Waals surface area (Å²) in [6.45, 7) is 7.70. The number of carboxylic acids is 1. The molecule has 1 saturated heterocycles. The molecule has 4 nitrogen and oxygen atoms in total. The third kappa shape index (κ3) is 4.24. The Kier molecular flexibility index (Phi) is 5.80. The fourth-order valence-corrected chi connectivity index (χ4v) is 4.91. The largest absolute Gasteiger partial charge is 0.480 e. The zero-order valence-electron chi connectivity index (χ0n) is 15.7. The van der Waals surface area contributed by atoms with Gasteiger partial charge in [-0.05, 0) is 62.7 Å². The van der Waals surface area contributed by atoms with Gasteiger partial charge < -0.3 is 10.0 Å². The maximum absolute atomic E-state index is 11.0. The molecule has 25 heavy (non-hydrogen) atoms. The first-order valence-electron chi connectivity index (χ1n) is 9.77. The van der Waals surface area contributed by atoms with Gasteiger partial charge in [-0.3, -0.25) is 9.69 Å². The molecule has 2 aliphatic rings. The highest BCUT2D eigenvalue weighted by Crippen LogP contribution is 2.43. The summed E-state index contributed by atoms with van der Waals surface area (Å²) in [4.78, 5) is 15.8. The molecule has 2 fully saturated rings. The molecule has 1 N–H and O–H groups in total. The summed E-state index contributed by atoms with van der Waals surface area (Å²) in [6.07, 6.45) is 5.98. The van der Waals surface area contributed by atoms with Crippen molar-refractivity contribution in [3.63, 3.8) is 0 Å². The lowest BCUT2D eigenvalue weighted by molar-refractivity contribution is -0.139. The SMILES string of the molecule is CCN(CC(=O)O)C1CCN(C2CCC(C)(c3ccccc3)C2)CC1. The van der Waals surface area contributed by atoms with E-state index >= 15 is 0 Å². The van der Waals surface area contributed by atoms with Gasteiger partial charge in [0, 0.05) is 12.1 Å². The zero-order valence-corrected chi connectivity index (χ0v) is 15.7. The molecule has 1 saturated carbocycles. The van der Waals surface area contributed by atoms with Crippen LogP contribution in [0.2, 0.25) is 0 Å². The average molecular weight is 344 g/mol. The fraction of sp³-hybridized carbons (Fsp3) is 0.667. The molecule has 1 aliphatic heterocycles. The Morgan fingerprint density at radius 1 is 1.24 bits per heavy atom. The van der Waals surface area contributed by atoms with Crippen molar-refractivity contribution in [1.82, 2.24) is 9.80 Å². The molecular weight excluding hydrogens is 312 g/mol. The van der Waals surface area contributed by atoms with Crippen LogP contribution in [0.15, 0.2) is 30.3 Å². The summed E-state index contributed by atoms with van der Waals surface area (Å²) in [5.41, 5.74) is 1.78. The van der Waals surface area contributed by atoms with Gasteiger partial charge >= 0.3 is 5.97 Å². The van der Waals surface area contributed by atoms with Crippen LogP contribution in [0.25, 0.3) is 0 Å². The number of hydrogen-bond donors (Lipinski definition) is 1. The summed E-state index contributed by atoms with van der Waals surface area (Å²) >= 11 is 0. The number of rotatable bonds is 6. The van der Waals surface area contributed by atoms with Gasteiger partial charge in [-0.15, -0.1) is 0 Å². The van der Waals surface area contributed by atoms with Gasteiger partial charge in [-0.2, -0.15) is 0 Å². The smallest absolute Gasteiger partial charge is 0.317 e. The summed E-state index contributed by atoms with van der Waals surface area (Å²) in [7, 11) is 0. The Morgan fingerprint density at radius 3 is 2.52 bits per heavy atom. The Bertz CT molecular complexity index is 569. The first-order chi connectivity index (χ1) is 12.0. The second-order valence-corrected chi connectivity index (χ2v) is 8.05. The lowest BCUT2D eigenvalue weighted by Gasteiger charge is -2.40. The van der Waals surface area contributed by atoms with Crippen LogP contribution in [0.3, 0.4) is 0 Å². The van der Waals surface area contributed by atoms with Crippen LogP contribution in [0.1, 0.15) is 51.5 Å². The average Bonchev–Trinajstić information content (AvgIpc) is 3.04. The number of nitrogens with zero attached hydrogens (tertiary/aromatic N) is 2. The van der Waals surface area contributed by atoms with E-state index in [1.54, 1.807) is 0 Å². The number of aliphatic carboxylic acids is 1. The van der Waals surface area contributed by atoms with E-state index in [2.05, 4.69) is 54.0 Å². The maximum Gasteiger partial charge on any atom is 0.317 e. The first kappa shape index (κ1) is 18.4. The minimum absolute atomic E-state index is 0.177. The molecule has 138 valence electrons. The van der Waals surface area contributed by atoms with Gasteiger partial charge in [0.15, 0.2) is 0 Å². The number of carbonyl (C=O) groups is 1. The minimum atomic E-state index is -0.710. The van der Waals surface area contributed by atoms with Crippen molar-refractivity contribution in [2.24, 2.45) is 0 Å². The molecule has 3 rings (SSSR count). The van der Waals surface area contributed by atoms with E-state index in [4.69, 9.17) is 5.11 Å². The molecule has 0 amide bonds. The molecule has 2 atom stereocenters.